The van der Waals surface area contributed by atoms with Crippen molar-refractivity contribution in [2.24, 2.45) is 5.14 Å². The standard InChI is InChI=1S/C10H12N2O5S/c1-12-2-3-17-9-7(10(13)14)4-6(5-8(9)12)18(11,15)16/h4-5H,2-3H2,1H3,(H,13,14)(H2,11,15,16). The van der Waals surface area contributed by atoms with E-state index in [1.807, 2.05) is 0 Å². The van der Waals surface area contributed by atoms with Crippen LogP contribution in [0.15, 0.2) is 17.0 Å². The van der Waals surface area contributed by atoms with Gasteiger partial charge >= 0.3 is 5.97 Å². The summed E-state index contributed by atoms with van der Waals surface area (Å²) >= 11 is 0. The fourth-order valence-electron chi connectivity index (χ4n) is 1.75. The number of nitrogens with zero attached hydrogens (tertiary/aromatic N) is 1. The molecule has 7 nitrogen and oxygen atoms in total. The summed E-state index contributed by atoms with van der Waals surface area (Å²) in [4.78, 5) is 12.6. The summed E-state index contributed by atoms with van der Waals surface area (Å²) in [6.45, 7) is 0.888. The fraction of sp³-hybridized carbons (Fsp3) is 0.300. The molecule has 2 rings (SSSR count). The maximum Gasteiger partial charge on any atom is 0.339 e. The Morgan fingerprint density at radius 1 is 1.50 bits per heavy atom. The van der Waals surface area contributed by atoms with Gasteiger partial charge in [-0.05, 0) is 12.1 Å². The first-order chi connectivity index (χ1) is 8.30. The van der Waals surface area contributed by atoms with Crippen LogP contribution in [0.1, 0.15) is 10.4 Å². The van der Waals surface area contributed by atoms with Crippen molar-refractivity contribution < 1.29 is 23.1 Å². The average molecular weight is 272 g/mol. The molecule has 1 aliphatic heterocycles. The molecule has 1 aromatic carbocycles. The summed E-state index contributed by atoms with van der Waals surface area (Å²) in [5.74, 6) is -1.09. The Labute approximate surface area is 104 Å². The van der Waals surface area contributed by atoms with E-state index in [0.29, 0.717) is 18.8 Å². The fourth-order valence-corrected chi connectivity index (χ4v) is 2.31. The number of benzene rings is 1. The van der Waals surface area contributed by atoms with E-state index in [9.17, 15) is 13.2 Å². The van der Waals surface area contributed by atoms with E-state index < -0.39 is 16.0 Å². The zero-order valence-electron chi connectivity index (χ0n) is 9.58. The van der Waals surface area contributed by atoms with Crippen LogP contribution < -0.4 is 14.8 Å². The highest BCUT2D eigenvalue weighted by Gasteiger charge is 2.25. The van der Waals surface area contributed by atoms with Crippen LogP contribution >= 0.6 is 0 Å². The lowest BCUT2D eigenvalue weighted by Gasteiger charge is -2.29. The minimum Gasteiger partial charge on any atom is -0.489 e. The third kappa shape index (κ3) is 2.12. The number of primary sulfonamides is 1. The summed E-state index contributed by atoms with van der Waals surface area (Å²) in [6.07, 6.45) is 0. The molecular formula is C10H12N2O5S. The summed E-state index contributed by atoms with van der Waals surface area (Å²) in [5, 5.41) is 14.1. The first-order valence-electron chi connectivity index (χ1n) is 5.09. The summed E-state index contributed by atoms with van der Waals surface area (Å²) in [7, 11) is -2.24. The van der Waals surface area contributed by atoms with E-state index in [0.717, 1.165) is 6.07 Å². The van der Waals surface area contributed by atoms with Crippen molar-refractivity contribution >= 4 is 21.7 Å². The molecule has 0 spiro atoms. The van der Waals surface area contributed by atoms with Gasteiger partial charge in [-0.2, -0.15) is 0 Å². The van der Waals surface area contributed by atoms with Crippen LogP contribution in [0.3, 0.4) is 0 Å². The van der Waals surface area contributed by atoms with Gasteiger partial charge in [-0.15, -0.1) is 0 Å². The van der Waals surface area contributed by atoms with Crippen molar-refractivity contribution in [3.63, 3.8) is 0 Å². The van der Waals surface area contributed by atoms with Crippen molar-refractivity contribution in [2.45, 2.75) is 4.90 Å². The lowest BCUT2D eigenvalue weighted by atomic mass is 10.1. The largest absolute Gasteiger partial charge is 0.489 e. The van der Waals surface area contributed by atoms with Crippen LogP contribution in [0.2, 0.25) is 0 Å². The van der Waals surface area contributed by atoms with Gasteiger partial charge in [-0.1, -0.05) is 0 Å². The highest BCUT2D eigenvalue weighted by Crippen LogP contribution is 2.36. The summed E-state index contributed by atoms with van der Waals surface area (Å²) in [5.41, 5.74) is 0.202. The zero-order chi connectivity index (χ0) is 13.5. The quantitative estimate of drug-likeness (QED) is 0.775. The third-order valence-electron chi connectivity index (χ3n) is 2.69. The number of nitrogens with two attached hydrogens (primary N) is 1. The predicted octanol–water partition coefficient (Wildman–Crippen LogP) is -0.139. The van der Waals surface area contributed by atoms with Gasteiger partial charge in [0.05, 0.1) is 17.1 Å². The Morgan fingerprint density at radius 2 is 2.17 bits per heavy atom. The van der Waals surface area contributed by atoms with E-state index in [1.165, 1.54) is 6.07 Å². The van der Waals surface area contributed by atoms with Gasteiger partial charge in [0.25, 0.3) is 0 Å². The third-order valence-corrected chi connectivity index (χ3v) is 3.58. The topological polar surface area (TPSA) is 110 Å². The maximum atomic E-state index is 11.3. The van der Waals surface area contributed by atoms with Crippen LogP contribution in [0.4, 0.5) is 5.69 Å². The highest BCUT2D eigenvalue weighted by atomic mass is 32.2. The number of ether oxygens (including phenoxy) is 1. The number of carbonyl (C=O) groups is 1. The van der Waals surface area contributed by atoms with Gasteiger partial charge in [0.15, 0.2) is 5.75 Å². The number of anilines is 1. The molecule has 98 valence electrons. The second kappa shape index (κ2) is 4.14. The molecule has 3 N–H and O–H groups in total. The molecule has 8 heteroatoms. The van der Waals surface area contributed by atoms with Crippen molar-refractivity contribution in [3.05, 3.63) is 17.7 Å². The first kappa shape index (κ1) is 12.7. The number of fused-ring (bicyclic) bond motifs is 1. The molecule has 0 atom stereocenters. The molecular weight excluding hydrogens is 260 g/mol. The van der Waals surface area contributed by atoms with E-state index in [2.05, 4.69) is 0 Å². The second-order valence-electron chi connectivity index (χ2n) is 3.94. The van der Waals surface area contributed by atoms with Crippen LogP contribution in [0.5, 0.6) is 5.75 Å². The summed E-state index contributed by atoms with van der Waals surface area (Å²) in [6, 6.07) is 2.33. The Morgan fingerprint density at radius 3 is 2.72 bits per heavy atom. The Kier molecular flexibility index (Phi) is 2.91. The Balaban J connectivity index is 2.74. The number of rotatable bonds is 2. The number of likely N-dealkylation sites (N-methyl/N-ethyl adjacent to an activating group) is 1. The Bertz CT molecular complexity index is 611. The molecule has 18 heavy (non-hydrogen) atoms. The number of carboxylic acids is 1. The van der Waals surface area contributed by atoms with Crippen molar-refractivity contribution in [3.8, 4) is 5.75 Å². The molecule has 0 bridgehead atoms. The molecule has 1 aromatic rings. The van der Waals surface area contributed by atoms with Crippen molar-refractivity contribution in [1.82, 2.24) is 0 Å². The van der Waals surface area contributed by atoms with Gasteiger partial charge in [0.1, 0.15) is 12.2 Å². The molecule has 0 aromatic heterocycles. The SMILES string of the molecule is CN1CCOc2c(C(=O)O)cc(S(N)(=O)=O)cc21. The number of sulfonamides is 1. The van der Waals surface area contributed by atoms with Gasteiger partial charge in [0.2, 0.25) is 10.0 Å². The molecule has 1 heterocycles. The lowest BCUT2D eigenvalue weighted by Crippen LogP contribution is -2.30. The van der Waals surface area contributed by atoms with Crippen LogP contribution in [0, 0.1) is 0 Å². The second-order valence-corrected chi connectivity index (χ2v) is 5.50. The number of hydrogen-bond donors (Lipinski definition) is 2. The lowest BCUT2D eigenvalue weighted by molar-refractivity contribution is 0.0691. The molecule has 0 fully saturated rings. The average Bonchev–Trinajstić information content (AvgIpc) is 2.27. The monoisotopic (exact) mass is 272 g/mol. The smallest absolute Gasteiger partial charge is 0.339 e. The maximum absolute atomic E-state index is 11.3. The molecule has 0 radical (unpaired) electrons. The van der Waals surface area contributed by atoms with E-state index in [4.69, 9.17) is 15.0 Å². The molecule has 0 unspecified atom stereocenters. The van der Waals surface area contributed by atoms with Crippen molar-refractivity contribution in [1.29, 1.82) is 0 Å². The van der Waals surface area contributed by atoms with Gasteiger partial charge in [0, 0.05) is 7.05 Å². The van der Waals surface area contributed by atoms with E-state index in [1.54, 1.807) is 11.9 Å². The first-order valence-corrected chi connectivity index (χ1v) is 6.63. The normalized spacial score (nSPS) is 14.9. The van der Waals surface area contributed by atoms with Crippen LogP contribution in [-0.4, -0.2) is 39.7 Å². The summed E-state index contributed by atoms with van der Waals surface area (Å²) < 4.78 is 27.9. The van der Waals surface area contributed by atoms with Gasteiger partial charge in [-0.25, -0.2) is 18.4 Å². The molecule has 0 amide bonds. The van der Waals surface area contributed by atoms with Crippen LogP contribution in [-0.2, 0) is 10.0 Å². The van der Waals surface area contributed by atoms with E-state index in [-0.39, 0.29) is 16.2 Å². The van der Waals surface area contributed by atoms with E-state index >= 15 is 0 Å². The van der Waals surface area contributed by atoms with Gasteiger partial charge < -0.3 is 14.7 Å². The molecule has 0 aliphatic carbocycles. The van der Waals surface area contributed by atoms with Crippen molar-refractivity contribution in [2.75, 3.05) is 25.1 Å². The number of hydrogen-bond acceptors (Lipinski definition) is 5. The Hall–Kier alpha value is -1.80. The van der Waals surface area contributed by atoms with Crippen LogP contribution in [0.25, 0.3) is 0 Å². The molecule has 1 aliphatic rings. The molecule has 0 saturated carbocycles. The van der Waals surface area contributed by atoms with Gasteiger partial charge in [-0.3, -0.25) is 0 Å². The minimum atomic E-state index is -3.96. The number of carboxylic acid groups (broad SMARTS) is 1. The zero-order valence-corrected chi connectivity index (χ0v) is 10.4. The highest BCUT2D eigenvalue weighted by molar-refractivity contribution is 7.89. The molecule has 0 saturated heterocycles. The predicted molar refractivity (Wildman–Crippen MR) is 63.5 cm³/mol. The minimum absolute atomic E-state index is 0.170. The number of aromatic carboxylic acids is 1.